The van der Waals surface area contributed by atoms with Crippen LogP contribution in [0, 0.1) is 0 Å². The van der Waals surface area contributed by atoms with Crippen LogP contribution in [0.1, 0.15) is 40.7 Å². The van der Waals surface area contributed by atoms with Crippen molar-refractivity contribution >= 4 is 17.7 Å². The number of piperidine rings is 2. The molecule has 0 radical (unpaired) electrons. The van der Waals surface area contributed by atoms with E-state index in [9.17, 15) is 19.5 Å². The van der Waals surface area contributed by atoms with Gasteiger partial charge in [-0.05, 0) is 36.6 Å². The third-order valence-electron chi connectivity index (χ3n) is 5.61. The fourth-order valence-electron chi connectivity index (χ4n) is 4.07. The Bertz CT molecular complexity index is 781. The van der Waals surface area contributed by atoms with Gasteiger partial charge in [0.2, 0.25) is 11.8 Å². The predicted octanol–water partition coefficient (Wildman–Crippen LogP) is -0.740. The van der Waals surface area contributed by atoms with Crippen LogP contribution in [0.2, 0.25) is 0 Å². The van der Waals surface area contributed by atoms with Crippen molar-refractivity contribution in [2.24, 2.45) is 0 Å². The molecule has 4 N–H and O–H groups in total. The second kappa shape index (κ2) is 7.38. The lowest BCUT2D eigenvalue weighted by Crippen LogP contribution is -2.52. The van der Waals surface area contributed by atoms with Crippen LogP contribution in [0.25, 0.3) is 0 Å². The number of hydrogen-bond acceptors (Lipinski definition) is 6. The van der Waals surface area contributed by atoms with E-state index in [1.807, 2.05) is 12.1 Å². The maximum atomic E-state index is 12.7. The summed E-state index contributed by atoms with van der Waals surface area (Å²) in [5, 5.41) is 18.9. The molecule has 1 aromatic rings. The molecule has 1 aromatic carbocycles. The van der Waals surface area contributed by atoms with Gasteiger partial charge in [-0.3, -0.25) is 19.7 Å². The van der Waals surface area contributed by atoms with Gasteiger partial charge in [0, 0.05) is 37.7 Å². The van der Waals surface area contributed by atoms with Gasteiger partial charge in [-0.2, -0.15) is 0 Å². The third kappa shape index (κ3) is 3.60. The summed E-state index contributed by atoms with van der Waals surface area (Å²) in [4.78, 5) is 37.7. The molecule has 8 nitrogen and oxygen atoms in total. The van der Waals surface area contributed by atoms with E-state index < -0.39 is 18.1 Å². The number of rotatable bonds is 4. The summed E-state index contributed by atoms with van der Waals surface area (Å²) < 4.78 is 0. The maximum absolute atomic E-state index is 12.7. The van der Waals surface area contributed by atoms with E-state index >= 15 is 0 Å². The first-order valence-electron chi connectivity index (χ1n) is 9.41. The Labute approximate surface area is 157 Å². The topological polar surface area (TPSA) is 111 Å². The highest BCUT2D eigenvalue weighted by Gasteiger charge is 2.39. The fourth-order valence-corrected chi connectivity index (χ4v) is 4.07. The summed E-state index contributed by atoms with van der Waals surface area (Å²) in [6.07, 6.45) is 1.09. The van der Waals surface area contributed by atoms with Crippen LogP contribution in [0.3, 0.4) is 0 Å². The SMILES string of the molecule is O=C1CCC(N2Cc3cc(CN[C@H]4CCNC[C@@H]4O)ccc3C2=O)C(=O)N1. The Morgan fingerprint density at radius 2 is 2.07 bits per heavy atom. The van der Waals surface area contributed by atoms with Crippen molar-refractivity contribution < 1.29 is 19.5 Å². The quantitative estimate of drug-likeness (QED) is 0.518. The monoisotopic (exact) mass is 372 g/mol. The first-order valence-corrected chi connectivity index (χ1v) is 9.41. The zero-order valence-corrected chi connectivity index (χ0v) is 15.0. The molecule has 144 valence electrons. The summed E-state index contributed by atoms with van der Waals surface area (Å²) >= 11 is 0. The zero-order valence-electron chi connectivity index (χ0n) is 15.0. The molecule has 3 amide bonds. The Hall–Kier alpha value is -2.29. The highest BCUT2D eigenvalue weighted by Crippen LogP contribution is 2.28. The molecule has 0 aliphatic carbocycles. The average molecular weight is 372 g/mol. The van der Waals surface area contributed by atoms with Crippen molar-refractivity contribution in [1.82, 2.24) is 20.9 Å². The lowest BCUT2D eigenvalue weighted by Gasteiger charge is -2.29. The number of carbonyl (C=O) groups excluding carboxylic acids is 3. The molecule has 3 atom stereocenters. The second-order valence-corrected chi connectivity index (χ2v) is 7.44. The van der Waals surface area contributed by atoms with Gasteiger partial charge in [-0.1, -0.05) is 12.1 Å². The predicted molar refractivity (Wildman–Crippen MR) is 96.6 cm³/mol. The van der Waals surface area contributed by atoms with Crippen LogP contribution in [-0.4, -0.2) is 59.0 Å². The first kappa shape index (κ1) is 18.1. The molecule has 0 spiro atoms. The Morgan fingerprint density at radius 1 is 1.22 bits per heavy atom. The zero-order chi connectivity index (χ0) is 19.0. The van der Waals surface area contributed by atoms with Crippen molar-refractivity contribution in [2.45, 2.75) is 50.5 Å². The summed E-state index contributed by atoms with van der Waals surface area (Å²) in [6.45, 7) is 2.47. The molecule has 3 aliphatic heterocycles. The molecule has 1 unspecified atom stereocenters. The van der Waals surface area contributed by atoms with Crippen molar-refractivity contribution in [3.63, 3.8) is 0 Å². The van der Waals surface area contributed by atoms with E-state index in [1.165, 1.54) is 0 Å². The molecule has 0 saturated carbocycles. The van der Waals surface area contributed by atoms with Gasteiger partial charge in [0.15, 0.2) is 0 Å². The van der Waals surface area contributed by atoms with Gasteiger partial charge in [0.1, 0.15) is 6.04 Å². The van der Waals surface area contributed by atoms with Crippen LogP contribution < -0.4 is 16.0 Å². The molecule has 4 rings (SSSR count). The Morgan fingerprint density at radius 3 is 2.85 bits per heavy atom. The smallest absolute Gasteiger partial charge is 0.255 e. The minimum absolute atomic E-state index is 0.0566. The van der Waals surface area contributed by atoms with Gasteiger partial charge in [-0.25, -0.2) is 0 Å². The van der Waals surface area contributed by atoms with E-state index in [2.05, 4.69) is 16.0 Å². The minimum atomic E-state index is -0.589. The largest absolute Gasteiger partial charge is 0.390 e. The van der Waals surface area contributed by atoms with Crippen molar-refractivity contribution in [3.8, 4) is 0 Å². The standard InChI is InChI=1S/C19H24N4O4/c24-16-9-20-6-5-14(16)21-8-11-1-2-13-12(7-11)10-23(19(13)27)15-3-4-17(25)22-18(15)26/h1-2,7,14-16,20-21,24H,3-6,8-10H2,(H,22,25,26)/t14-,15?,16-/m0/s1. The molecule has 8 heteroatoms. The third-order valence-corrected chi connectivity index (χ3v) is 5.61. The number of hydrogen-bond donors (Lipinski definition) is 4. The van der Waals surface area contributed by atoms with Crippen LogP contribution in [0.15, 0.2) is 18.2 Å². The highest BCUT2D eigenvalue weighted by molar-refractivity contribution is 6.05. The van der Waals surface area contributed by atoms with Crippen molar-refractivity contribution in [3.05, 3.63) is 34.9 Å². The van der Waals surface area contributed by atoms with E-state index in [0.717, 1.165) is 24.1 Å². The number of nitrogens with one attached hydrogen (secondary N) is 3. The second-order valence-electron chi connectivity index (χ2n) is 7.44. The normalized spacial score (nSPS) is 28.3. The molecular weight excluding hydrogens is 348 g/mol. The average Bonchev–Trinajstić information content (AvgIpc) is 2.97. The number of aliphatic hydroxyl groups excluding tert-OH is 1. The van der Waals surface area contributed by atoms with Crippen molar-refractivity contribution in [1.29, 1.82) is 0 Å². The fraction of sp³-hybridized carbons (Fsp3) is 0.526. The Kier molecular flexibility index (Phi) is 4.94. The summed E-state index contributed by atoms with van der Waals surface area (Å²) in [6, 6.07) is 5.17. The molecule has 2 fully saturated rings. The number of aliphatic hydroxyl groups is 1. The lowest BCUT2D eigenvalue weighted by molar-refractivity contribution is -0.136. The molecule has 27 heavy (non-hydrogen) atoms. The number of amides is 3. The number of benzene rings is 1. The van der Waals surface area contributed by atoms with E-state index in [1.54, 1.807) is 11.0 Å². The van der Waals surface area contributed by atoms with Crippen LogP contribution in [-0.2, 0) is 22.7 Å². The molecule has 3 heterocycles. The molecule has 0 aromatic heterocycles. The molecule has 2 saturated heterocycles. The molecule has 3 aliphatic rings. The van der Waals surface area contributed by atoms with Crippen molar-refractivity contribution in [2.75, 3.05) is 13.1 Å². The summed E-state index contributed by atoms with van der Waals surface area (Å²) in [5.41, 5.74) is 2.55. The number of nitrogens with zero attached hydrogens (tertiary/aromatic N) is 1. The van der Waals surface area contributed by atoms with E-state index in [4.69, 9.17) is 0 Å². The molecule has 0 bridgehead atoms. The van der Waals surface area contributed by atoms with Gasteiger partial charge < -0.3 is 20.6 Å². The number of imide groups is 1. The Balaban J connectivity index is 1.43. The highest BCUT2D eigenvalue weighted by atomic mass is 16.3. The van der Waals surface area contributed by atoms with Crippen LogP contribution >= 0.6 is 0 Å². The van der Waals surface area contributed by atoms with E-state index in [-0.39, 0.29) is 24.3 Å². The van der Waals surface area contributed by atoms with Crippen LogP contribution in [0.4, 0.5) is 0 Å². The van der Waals surface area contributed by atoms with E-state index in [0.29, 0.717) is 31.6 Å². The van der Waals surface area contributed by atoms with Crippen LogP contribution in [0.5, 0.6) is 0 Å². The molecular formula is C19H24N4O4. The summed E-state index contributed by atoms with van der Waals surface area (Å²) in [7, 11) is 0. The number of β-amino-alcohol motifs (C(OH)–C–C–N with tert-alkyl or cyclic N) is 1. The van der Waals surface area contributed by atoms with Gasteiger partial charge >= 0.3 is 0 Å². The number of carbonyl (C=O) groups is 3. The van der Waals surface area contributed by atoms with Gasteiger partial charge in [0.25, 0.3) is 5.91 Å². The first-order chi connectivity index (χ1) is 13.0. The van der Waals surface area contributed by atoms with Gasteiger partial charge in [0.05, 0.1) is 6.10 Å². The summed E-state index contributed by atoms with van der Waals surface area (Å²) in [5.74, 6) is -0.837. The minimum Gasteiger partial charge on any atom is -0.390 e. The lowest BCUT2D eigenvalue weighted by atomic mass is 10.0. The van der Waals surface area contributed by atoms with Gasteiger partial charge in [-0.15, -0.1) is 0 Å². The number of fused-ring (bicyclic) bond motifs is 1. The maximum Gasteiger partial charge on any atom is 0.255 e.